The van der Waals surface area contributed by atoms with Crippen LogP contribution in [0.4, 0.5) is 0 Å². The standard InChI is InChI=1S/C18H19BrN2O2.ClH/c19-16-3-1-2-4-17(16)23-12-13-5-7-15(8-6-13)18(22)21-11-14-9-20-10-14;/h1-8,14,20H,9-12H2,(H,21,22);1H. The molecule has 3 rings (SSSR count). The summed E-state index contributed by atoms with van der Waals surface area (Å²) in [6.45, 7) is 3.19. The minimum Gasteiger partial charge on any atom is -0.488 e. The average Bonchev–Trinajstić information content (AvgIpc) is 2.53. The van der Waals surface area contributed by atoms with Crippen LogP contribution >= 0.6 is 28.3 Å². The summed E-state index contributed by atoms with van der Waals surface area (Å²) >= 11 is 3.46. The van der Waals surface area contributed by atoms with Gasteiger partial charge in [-0.15, -0.1) is 12.4 Å². The van der Waals surface area contributed by atoms with E-state index in [1.165, 1.54) is 0 Å². The number of halogens is 2. The lowest BCUT2D eigenvalue weighted by atomic mass is 10.0. The number of nitrogens with one attached hydrogen (secondary N) is 2. The summed E-state index contributed by atoms with van der Waals surface area (Å²) in [5.74, 6) is 1.36. The Balaban J connectivity index is 0.00000208. The zero-order valence-corrected chi connectivity index (χ0v) is 15.5. The lowest BCUT2D eigenvalue weighted by Gasteiger charge is -2.27. The Kier molecular flexibility index (Phi) is 7.09. The molecule has 0 aromatic heterocycles. The van der Waals surface area contributed by atoms with Crippen LogP contribution < -0.4 is 15.4 Å². The zero-order valence-electron chi connectivity index (χ0n) is 13.1. The van der Waals surface area contributed by atoms with Crippen LogP contribution in [0.5, 0.6) is 5.75 Å². The maximum atomic E-state index is 12.1. The molecule has 4 nitrogen and oxygen atoms in total. The third kappa shape index (κ3) is 4.97. The average molecular weight is 412 g/mol. The molecule has 1 saturated heterocycles. The Morgan fingerprint density at radius 2 is 1.88 bits per heavy atom. The number of hydrogen-bond donors (Lipinski definition) is 2. The molecule has 1 aliphatic rings. The lowest BCUT2D eigenvalue weighted by molar-refractivity contribution is 0.0942. The van der Waals surface area contributed by atoms with Gasteiger partial charge in [-0.3, -0.25) is 4.79 Å². The van der Waals surface area contributed by atoms with E-state index in [4.69, 9.17) is 4.74 Å². The molecule has 0 aliphatic carbocycles. The maximum Gasteiger partial charge on any atom is 0.251 e. The van der Waals surface area contributed by atoms with E-state index >= 15 is 0 Å². The topological polar surface area (TPSA) is 50.4 Å². The molecule has 0 saturated carbocycles. The van der Waals surface area contributed by atoms with Gasteiger partial charge in [-0.2, -0.15) is 0 Å². The molecule has 1 aliphatic heterocycles. The minimum absolute atomic E-state index is 0. The fourth-order valence-electron chi connectivity index (χ4n) is 2.31. The maximum absolute atomic E-state index is 12.1. The summed E-state index contributed by atoms with van der Waals surface area (Å²) in [6, 6.07) is 15.3. The quantitative estimate of drug-likeness (QED) is 0.766. The summed E-state index contributed by atoms with van der Waals surface area (Å²) in [5, 5.41) is 6.16. The van der Waals surface area contributed by atoms with E-state index < -0.39 is 0 Å². The van der Waals surface area contributed by atoms with E-state index in [0.717, 1.165) is 35.4 Å². The number of amides is 1. The van der Waals surface area contributed by atoms with Gasteiger partial charge < -0.3 is 15.4 Å². The Hall–Kier alpha value is -1.56. The van der Waals surface area contributed by atoms with Crippen molar-refractivity contribution in [2.45, 2.75) is 6.61 Å². The molecule has 128 valence electrons. The summed E-state index contributed by atoms with van der Waals surface area (Å²) in [5.41, 5.74) is 1.71. The van der Waals surface area contributed by atoms with E-state index in [1.807, 2.05) is 48.5 Å². The monoisotopic (exact) mass is 410 g/mol. The highest BCUT2D eigenvalue weighted by Crippen LogP contribution is 2.24. The fraction of sp³-hybridized carbons (Fsp3) is 0.278. The van der Waals surface area contributed by atoms with Gasteiger partial charge in [-0.05, 0) is 45.8 Å². The first-order valence-electron chi connectivity index (χ1n) is 7.67. The van der Waals surface area contributed by atoms with Crippen LogP contribution in [0.3, 0.4) is 0 Å². The molecule has 0 spiro atoms. The number of para-hydroxylation sites is 1. The van der Waals surface area contributed by atoms with Crippen LogP contribution in [-0.2, 0) is 6.61 Å². The molecule has 2 aromatic rings. The van der Waals surface area contributed by atoms with Crippen molar-refractivity contribution in [3.63, 3.8) is 0 Å². The van der Waals surface area contributed by atoms with E-state index in [-0.39, 0.29) is 18.3 Å². The van der Waals surface area contributed by atoms with Gasteiger partial charge in [-0.1, -0.05) is 24.3 Å². The molecular weight excluding hydrogens is 392 g/mol. The number of carbonyl (C=O) groups is 1. The van der Waals surface area contributed by atoms with Crippen molar-refractivity contribution < 1.29 is 9.53 Å². The van der Waals surface area contributed by atoms with Crippen molar-refractivity contribution in [3.8, 4) is 5.75 Å². The predicted octanol–water partition coefficient (Wildman–Crippen LogP) is 3.40. The Bertz CT molecular complexity index is 675. The van der Waals surface area contributed by atoms with Crippen molar-refractivity contribution in [1.82, 2.24) is 10.6 Å². The van der Waals surface area contributed by atoms with Gasteiger partial charge in [0.2, 0.25) is 0 Å². The minimum atomic E-state index is -0.0184. The van der Waals surface area contributed by atoms with Gasteiger partial charge in [0.15, 0.2) is 0 Å². The third-order valence-corrected chi connectivity index (χ3v) is 4.52. The van der Waals surface area contributed by atoms with Gasteiger partial charge in [0, 0.05) is 31.1 Å². The number of carbonyl (C=O) groups excluding carboxylic acids is 1. The normalized spacial score (nSPS) is 13.5. The third-order valence-electron chi connectivity index (χ3n) is 3.86. The predicted molar refractivity (Wildman–Crippen MR) is 101 cm³/mol. The highest BCUT2D eigenvalue weighted by Gasteiger charge is 2.17. The molecular formula is C18H20BrClN2O2. The van der Waals surface area contributed by atoms with Crippen LogP contribution in [0.2, 0.25) is 0 Å². The molecule has 1 heterocycles. The zero-order chi connectivity index (χ0) is 16.1. The molecule has 0 bridgehead atoms. The molecule has 0 atom stereocenters. The van der Waals surface area contributed by atoms with Crippen LogP contribution in [0.1, 0.15) is 15.9 Å². The summed E-state index contributed by atoms with van der Waals surface area (Å²) in [7, 11) is 0. The molecule has 24 heavy (non-hydrogen) atoms. The van der Waals surface area contributed by atoms with Crippen LogP contribution in [0, 0.1) is 5.92 Å². The summed E-state index contributed by atoms with van der Waals surface area (Å²) in [4.78, 5) is 12.1. The van der Waals surface area contributed by atoms with E-state index in [1.54, 1.807) is 0 Å². The number of benzene rings is 2. The number of ether oxygens (including phenoxy) is 1. The molecule has 1 fully saturated rings. The lowest BCUT2D eigenvalue weighted by Crippen LogP contribution is -2.48. The van der Waals surface area contributed by atoms with Gasteiger partial charge in [-0.25, -0.2) is 0 Å². The summed E-state index contributed by atoms with van der Waals surface area (Å²) in [6.07, 6.45) is 0. The van der Waals surface area contributed by atoms with Crippen molar-refractivity contribution in [2.75, 3.05) is 19.6 Å². The molecule has 6 heteroatoms. The highest BCUT2D eigenvalue weighted by atomic mass is 79.9. The Morgan fingerprint density at radius 1 is 1.17 bits per heavy atom. The fourth-order valence-corrected chi connectivity index (χ4v) is 2.71. The first-order valence-corrected chi connectivity index (χ1v) is 8.47. The Morgan fingerprint density at radius 3 is 2.50 bits per heavy atom. The van der Waals surface area contributed by atoms with Gasteiger partial charge in [0.25, 0.3) is 5.91 Å². The van der Waals surface area contributed by atoms with Crippen LogP contribution in [0.25, 0.3) is 0 Å². The Labute approximate surface area is 156 Å². The van der Waals surface area contributed by atoms with E-state index in [0.29, 0.717) is 18.1 Å². The smallest absolute Gasteiger partial charge is 0.251 e. The van der Waals surface area contributed by atoms with Crippen molar-refractivity contribution >= 4 is 34.2 Å². The second-order valence-electron chi connectivity index (χ2n) is 5.65. The van der Waals surface area contributed by atoms with E-state index in [9.17, 15) is 4.79 Å². The number of rotatable bonds is 6. The largest absolute Gasteiger partial charge is 0.488 e. The van der Waals surface area contributed by atoms with Crippen molar-refractivity contribution in [2.24, 2.45) is 5.92 Å². The molecule has 1 amide bonds. The molecule has 2 N–H and O–H groups in total. The molecule has 0 unspecified atom stereocenters. The van der Waals surface area contributed by atoms with Crippen molar-refractivity contribution in [1.29, 1.82) is 0 Å². The first kappa shape index (κ1) is 18.8. The summed E-state index contributed by atoms with van der Waals surface area (Å²) < 4.78 is 6.70. The first-order chi connectivity index (χ1) is 11.2. The SMILES string of the molecule is Cl.O=C(NCC1CNC1)c1ccc(COc2ccccc2Br)cc1. The molecule has 0 radical (unpaired) electrons. The highest BCUT2D eigenvalue weighted by molar-refractivity contribution is 9.10. The second-order valence-corrected chi connectivity index (χ2v) is 6.50. The van der Waals surface area contributed by atoms with Gasteiger partial charge in [0.05, 0.1) is 4.47 Å². The van der Waals surface area contributed by atoms with Crippen LogP contribution in [-0.4, -0.2) is 25.5 Å². The van der Waals surface area contributed by atoms with Crippen molar-refractivity contribution in [3.05, 3.63) is 64.1 Å². The van der Waals surface area contributed by atoms with Crippen LogP contribution in [0.15, 0.2) is 53.0 Å². The van der Waals surface area contributed by atoms with Gasteiger partial charge in [0.1, 0.15) is 12.4 Å². The van der Waals surface area contributed by atoms with E-state index in [2.05, 4.69) is 26.6 Å². The second kappa shape index (κ2) is 9.06. The van der Waals surface area contributed by atoms with Gasteiger partial charge >= 0.3 is 0 Å². The number of hydrogen-bond acceptors (Lipinski definition) is 3. The molecule has 2 aromatic carbocycles.